The maximum atomic E-state index is 11.7. The number of carbonyl (C=O) groups excluding carboxylic acids is 1. The standard InChI is InChI=1S/C13H12N2O2/c1-14-17-13(16)12-7-3-2-6-11(12)10-5-4-8-15-9-10/h2-9,14H,1H3. The largest absolute Gasteiger partial charge is 0.367 e. The Bertz CT molecular complexity index is 512. The normalized spacial score (nSPS) is 9.94. The summed E-state index contributed by atoms with van der Waals surface area (Å²) in [4.78, 5) is 20.6. The molecule has 0 saturated carbocycles. The van der Waals surface area contributed by atoms with Crippen molar-refractivity contribution in [3.05, 3.63) is 54.4 Å². The Morgan fingerprint density at radius 2 is 2.06 bits per heavy atom. The van der Waals surface area contributed by atoms with E-state index in [0.717, 1.165) is 11.1 Å². The Morgan fingerprint density at radius 3 is 2.76 bits per heavy atom. The molecule has 1 N–H and O–H groups in total. The predicted octanol–water partition coefficient (Wildman–Crippen LogP) is 2.04. The zero-order chi connectivity index (χ0) is 12.1. The van der Waals surface area contributed by atoms with Gasteiger partial charge in [0, 0.05) is 25.0 Å². The lowest BCUT2D eigenvalue weighted by Gasteiger charge is -2.07. The summed E-state index contributed by atoms with van der Waals surface area (Å²) >= 11 is 0. The molecule has 0 spiro atoms. The molecule has 0 saturated heterocycles. The first-order chi connectivity index (χ1) is 8.33. The van der Waals surface area contributed by atoms with Crippen LogP contribution < -0.4 is 5.48 Å². The number of benzene rings is 1. The summed E-state index contributed by atoms with van der Waals surface area (Å²) in [5.41, 5.74) is 4.58. The molecule has 0 aliphatic carbocycles. The van der Waals surface area contributed by atoms with Gasteiger partial charge in [0.15, 0.2) is 0 Å². The molecule has 0 radical (unpaired) electrons. The van der Waals surface area contributed by atoms with E-state index in [1.54, 1.807) is 31.6 Å². The lowest BCUT2D eigenvalue weighted by molar-refractivity contribution is 0.0311. The minimum atomic E-state index is -0.410. The lowest BCUT2D eigenvalue weighted by Crippen LogP contribution is -2.15. The van der Waals surface area contributed by atoms with E-state index in [1.165, 1.54) is 0 Å². The van der Waals surface area contributed by atoms with E-state index in [1.807, 2.05) is 24.3 Å². The highest BCUT2D eigenvalue weighted by molar-refractivity contribution is 5.97. The zero-order valence-corrected chi connectivity index (χ0v) is 9.38. The Kier molecular flexibility index (Phi) is 3.47. The van der Waals surface area contributed by atoms with Crippen molar-refractivity contribution in [1.29, 1.82) is 0 Å². The maximum Gasteiger partial charge on any atom is 0.357 e. The first-order valence-corrected chi connectivity index (χ1v) is 5.20. The quantitative estimate of drug-likeness (QED) is 0.817. The van der Waals surface area contributed by atoms with Crippen molar-refractivity contribution in [3.63, 3.8) is 0 Å². The molecule has 0 amide bonds. The number of hydrogen-bond donors (Lipinski definition) is 1. The van der Waals surface area contributed by atoms with Gasteiger partial charge < -0.3 is 4.84 Å². The highest BCUT2D eigenvalue weighted by Crippen LogP contribution is 2.22. The van der Waals surface area contributed by atoms with Gasteiger partial charge in [-0.15, -0.1) is 0 Å². The molecule has 0 atom stereocenters. The Labute approximate surface area is 99.2 Å². The van der Waals surface area contributed by atoms with Gasteiger partial charge in [-0.05, 0) is 17.7 Å². The molecule has 17 heavy (non-hydrogen) atoms. The van der Waals surface area contributed by atoms with Gasteiger partial charge >= 0.3 is 5.97 Å². The summed E-state index contributed by atoms with van der Waals surface area (Å²) in [5, 5.41) is 0. The van der Waals surface area contributed by atoms with E-state index in [2.05, 4.69) is 10.5 Å². The summed E-state index contributed by atoms with van der Waals surface area (Å²) in [6.45, 7) is 0. The molecule has 2 rings (SSSR count). The molecule has 0 aliphatic rings. The molecule has 1 aromatic carbocycles. The zero-order valence-electron chi connectivity index (χ0n) is 9.38. The SMILES string of the molecule is CNOC(=O)c1ccccc1-c1cccnc1. The average molecular weight is 228 g/mol. The molecule has 1 heterocycles. The van der Waals surface area contributed by atoms with Gasteiger partial charge in [0.05, 0.1) is 5.56 Å². The summed E-state index contributed by atoms with van der Waals surface area (Å²) in [7, 11) is 1.55. The van der Waals surface area contributed by atoms with Crippen molar-refractivity contribution >= 4 is 5.97 Å². The molecule has 0 fully saturated rings. The van der Waals surface area contributed by atoms with Crippen LogP contribution in [0.1, 0.15) is 10.4 Å². The second-order valence-corrected chi connectivity index (χ2v) is 3.38. The Balaban J connectivity index is 2.45. The van der Waals surface area contributed by atoms with Crippen LogP contribution in [0.4, 0.5) is 0 Å². The van der Waals surface area contributed by atoms with Crippen molar-refractivity contribution < 1.29 is 9.63 Å². The molecule has 86 valence electrons. The van der Waals surface area contributed by atoms with Gasteiger partial charge in [0.1, 0.15) is 0 Å². The van der Waals surface area contributed by atoms with Gasteiger partial charge in [-0.25, -0.2) is 4.79 Å². The molecule has 0 bridgehead atoms. The van der Waals surface area contributed by atoms with Gasteiger partial charge in [-0.1, -0.05) is 24.3 Å². The molecular formula is C13H12N2O2. The fourth-order valence-corrected chi connectivity index (χ4v) is 1.58. The summed E-state index contributed by atoms with van der Waals surface area (Å²) < 4.78 is 0. The van der Waals surface area contributed by atoms with E-state index in [4.69, 9.17) is 4.84 Å². The molecule has 0 unspecified atom stereocenters. The summed E-state index contributed by atoms with van der Waals surface area (Å²) in [6, 6.07) is 11.0. The van der Waals surface area contributed by atoms with Gasteiger partial charge in [-0.3, -0.25) is 4.98 Å². The second-order valence-electron chi connectivity index (χ2n) is 3.38. The van der Waals surface area contributed by atoms with E-state index < -0.39 is 5.97 Å². The molecule has 4 heteroatoms. The monoisotopic (exact) mass is 228 g/mol. The minimum Gasteiger partial charge on any atom is -0.367 e. The number of aromatic nitrogens is 1. The van der Waals surface area contributed by atoms with Crippen molar-refractivity contribution in [2.24, 2.45) is 0 Å². The number of hydroxylamine groups is 1. The number of hydrogen-bond acceptors (Lipinski definition) is 4. The van der Waals surface area contributed by atoms with E-state index >= 15 is 0 Å². The van der Waals surface area contributed by atoms with Crippen molar-refractivity contribution in [2.75, 3.05) is 7.05 Å². The summed E-state index contributed by atoms with van der Waals surface area (Å²) in [6.07, 6.45) is 3.41. The number of pyridine rings is 1. The van der Waals surface area contributed by atoms with Gasteiger partial charge in [0.2, 0.25) is 0 Å². The van der Waals surface area contributed by atoms with Gasteiger partial charge in [-0.2, -0.15) is 5.48 Å². The van der Waals surface area contributed by atoms with E-state index in [9.17, 15) is 4.79 Å². The average Bonchev–Trinajstić information content (AvgIpc) is 2.40. The smallest absolute Gasteiger partial charge is 0.357 e. The molecular weight excluding hydrogens is 216 g/mol. The third-order valence-corrected chi connectivity index (χ3v) is 2.31. The number of carbonyl (C=O) groups is 1. The van der Waals surface area contributed by atoms with Crippen LogP contribution in [0.5, 0.6) is 0 Å². The van der Waals surface area contributed by atoms with Crippen LogP contribution in [-0.4, -0.2) is 18.0 Å². The fraction of sp³-hybridized carbons (Fsp3) is 0.0769. The maximum absolute atomic E-state index is 11.7. The molecule has 2 aromatic rings. The molecule has 1 aromatic heterocycles. The van der Waals surface area contributed by atoms with Crippen LogP contribution in [0, 0.1) is 0 Å². The van der Waals surface area contributed by atoms with Crippen molar-refractivity contribution in [2.45, 2.75) is 0 Å². The topological polar surface area (TPSA) is 51.2 Å². The predicted molar refractivity (Wildman–Crippen MR) is 64.1 cm³/mol. The van der Waals surface area contributed by atoms with Crippen LogP contribution in [-0.2, 0) is 4.84 Å². The van der Waals surface area contributed by atoms with Crippen LogP contribution in [0.15, 0.2) is 48.8 Å². The third kappa shape index (κ3) is 2.49. The van der Waals surface area contributed by atoms with Crippen LogP contribution >= 0.6 is 0 Å². The van der Waals surface area contributed by atoms with Crippen molar-refractivity contribution in [1.82, 2.24) is 10.5 Å². The summed E-state index contributed by atoms with van der Waals surface area (Å²) in [5.74, 6) is -0.410. The fourth-order valence-electron chi connectivity index (χ4n) is 1.58. The molecule has 4 nitrogen and oxygen atoms in total. The Hall–Kier alpha value is -2.20. The number of nitrogens with zero attached hydrogens (tertiary/aromatic N) is 1. The lowest BCUT2D eigenvalue weighted by atomic mass is 10.0. The number of rotatable bonds is 3. The highest BCUT2D eigenvalue weighted by Gasteiger charge is 2.13. The van der Waals surface area contributed by atoms with Crippen LogP contribution in [0.3, 0.4) is 0 Å². The van der Waals surface area contributed by atoms with Crippen LogP contribution in [0.25, 0.3) is 11.1 Å². The van der Waals surface area contributed by atoms with Gasteiger partial charge in [0.25, 0.3) is 0 Å². The molecule has 0 aliphatic heterocycles. The third-order valence-electron chi connectivity index (χ3n) is 2.31. The second kappa shape index (κ2) is 5.23. The van der Waals surface area contributed by atoms with E-state index in [0.29, 0.717) is 5.56 Å². The Morgan fingerprint density at radius 1 is 1.24 bits per heavy atom. The first-order valence-electron chi connectivity index (χ1n) is 5.20. The highest BCUT2D eigenvalue weighted by atomic mass is 16.7. The number of nitrogens with one attached hydrogen (secondary N) is 1. The van der Waals surface area contributed by atoms with Crippen molar-refractivity contribution in [3.8, 4) is 11.1 Å². The van der Waals surface area contributed by atoms with E-state index in [-0.39, 0.29) is 0 Å². The first kappa shape index (κ1) is 11.3. The minimum absolute atomic E-state index is 0.410. The van der Waals surface area contributed by atoms with Crippen LogP contribution in [0.2, 0.25) is 0 Å².